The summed E-state index contributed by atoms with van der Waals surface area (Å²) in [6.07, 6.45) is 0. The first-order chi connectivity index (χ1) is 9.13. The molecule has 0 atom stereocenters. The minimum absolute atomic E-state index is 0.663. The van der Waals surface area contributed by atoms with Crippen molar-refractivity contribution in [2.75, 3.05) is 0 Å². The topological polar surface area (TPSA) is 33.6 Å². The third-order valence-corrected chi connectivity index (χ3v) is 3.54. The Morgan fingerprint density at radius 3 is 2.95 bits per heavy atom. The highest BCUT2D eigenvalue weighted by Gasteiger charge is 2.06. The lowest BCUT2D eigenvalue weighted by Crippen LogP contribution is -2.01. The number of H-pyrrole nitrogens is 1. The van der Waals surface area contributed by atoms with Crippen LogP contribution in [0, 0.1) is 11.7 Å². The fourth-order valence-corrected chi connectivity index (χ4v) is 2.56. The van der Waals surface area contributed by atoms with Gasteiger partial charge in [0.15, 0.2) is 10.4 Å². The quantitative estimate of drug-likeness (QED) is 0.721. The number of imidazole rings is 1. The number of hydrogen-bond donors (Lipinski definition) is 1. The van der Waals surface area contributed by atoms with Gasteiger partial charge in [-0.3, -0.25) is 4.57 Å². The van der Waals surface area contributed by atoms with E-state index >= 15 is 0 Å². The van der Waals surface area contributed by atoms with E-state index in [1.807, 2.05) is 47.9 Å². The summed E-state index contributed by atoms with van der Waals surface area (Å²) in [6, 6.07) is 11.7. The lowest BCUT2D eigenvalue weighted by atomic mass is 10.2. The van der Waals surface area contributed by atoms with Crippen molar-refractivity contribution in [1.29, 1.82) is 0 Å². The number of nitrogens with zero attached hydrogens (tertiary/aromatic N) is 2. The predicted molar refractivity (Wildman–Crippen MR) is 80.2 cm³/mol. The maximum atomic E-state index is 6.01. The molecule has 0 aliphatic heterocycles. The molecule has 0 saturated heterocycles. The first-order valence-electron chi connectivity index (χ1n) is 5.94. The van der Waals surface area contributed by atoms with Crippen LogP contribution in [-0.2, 0) is 6.54 Å². The summed E-state index contributed by atoms with van der Waals surface area (Å²) in [6.45, 7) is 2.63. The summed E-state index contributed by atoms with van der Waals surface area (Å²) < 4.78 is 2.66. The Morgan fingerprint density at radius 2 is 2.16 bits per heavy atom. The molecule has 2 aromatic heterocycles. The second-order valence-electron chi connectivity index (χ2n) is 4.47. The number of pyridine rings is 1. The standard InChI is InChI=1S/C14H12ClN3S/c1-9-5-6-12-13(16-9)18(14(19)17-12)8-10-3-2-4-11(15)7-10/h2-7H,8H2,1H3,(H,17,19). The first kappa shape index (κ1) is 12.4. The van der Waals surface area contributed by atoms with E-state index < -0.39 is 0 Å². The Labute approximate surface area is 120 Å². The van der Waals surface area contributed by atoms with Gasteiger partial charge in [0.2, 0.25) is 0 Å². The molecule has 0 aliphatic rings. The lowest BCUT2D eigenvalue weighted by Gasteiger charge is -2.05. The Bertz CT molecular complexity index is 804. The molecule has 0 saturated carbocycles. The summed E-state index contributed by atoms with van der Waals surface area (Å²) in [5, 5.41) is 0.730. The second kappa shape index (κ2) is 4.79. The molecule has 0 spiro atoms. The molecule has 0 bridgehead atoms. The van der Waals surface area contributed by atoms with E-state index in [2.05, 4.69) is 9.97 Å². The van der Waals surface area contributed by atoms with Gasteiger partial charge in [-0.25, -0.2) is 4.98 Å². The van der Waals surface area contributed by atoms with Crippen LogP contribution in [-0.4, -0.2) is 14.5 Å². The van der Waals surface area contributed by atoms with Crippen molar-refractivity contribution in [2.45, 2.75) is 13.5 Å². The summed E-state index contributed by atoms with van der Waals surface area (Å²) in [5.41, 5.74) is 3.91. The van der Waals surface area contributed by atoms with E-state index in [4.69, 9.17) is 23.8 Å². The highest BCUT2D eigenvalue weighted by molar-refractivity contribution is 7.71. The smallest absolute Gasteiger partial charge is 0.179 e. The van der Waals surface area contributed by atoms with Gasteiger partial charge in [0, 0.05) is 10.7 Å². The van der Waals surface area contributed by atoms with Crippen molar-refractivity contribution in [3.63, 3.8) is 0 Å². The third-order valence-electron chi connectivity index (χ3n) is 2.99. The second-order valence-corrected chi connectivity index (χ2v) is 5.29. The van der Waals surface area contributed by atoms with Crippen LogP contribution < -0.4 is 0 Å². The van der Waals surface area contributed by atoms with Gasteiger partial charge >= 0.3 is 0 Å². The number of hydrogen-bond acceptors (Lipinski definition) is 2. The maximum absolute atomic E-state index is 6.01. The molecule has 0 unspecified atom stereocenters. The number of aryl methyl sites for hydroxylation is 1. The van der Waals surface area contributed by atoms with Gasteiger partial charge in [0.1, 0.15) is 0 Å². The number of aromatic amines is 1. The molecule has 0 fully saturated rings. The molecule has 2 heterocycles. The van der Waals surface area contributed by atoms with Crippen LogP contribution in [0.5, 0.6) is 0 Å². The predicted octanol–water partition coefficient (Wildman–Crippen LogP) is 4.10. The zero-order chi connectivity index (χ0) is 13.4. The third kappa shape index (κ3) is 2.41. The fourth-order valence-electron chi connectivity index (χ4n) is 2.09. The van der Waals surface area contributed by atoms with Crippen molar-refractivity contribution in [2.24, 2.45) is 0 Å². The van der Waals surface area contributed by atoms with Gasteiger partial charge in [-0.2, -0.15) is 0 Å². The van der Waals surface area contributed by atoms with Crippen LogP contribution >= 0.6 is 23.8 Å². The molecular weight excluding hydrogens is 278 g/mol. The minimum Gasteiger partial charge on any atom is -0.329 e. The van der Waals surface area contributed by atoms with Crippen LogP contribution in [0.1, 0.15) is 11.3 Å². The number of fused-ring (bicyclic) bond motifs is 1. The van der Waals surface area contributed by atoms with E-state index in [1.165, 1.54) is 0 Å². The van der Waals surface area contributed by atoms with E-state index in [-0.39, 0.29) is 0 Å². The molecule has 19 heavy (non-hydrogen) atoms. The molecule has 0 radical (unpaired) electrons. The summed E-state index contributed by atoms with van der Waals surface area (Å²) in [4.78, 5) is 7.72. The Kier molecular flexibility index (Phi) is 3.12. The monoisotopic (exact) mass is 289 g/mol. The van der Waals surface area contributed by atoms with Crippen molar-refractivity contribution >= 4 is 35.0 Å². The SMILES string of the molecule is Cc1ccc2[nH]c(=S)n(Cc3cccc(Cl)c3)c2n1. The fraction of sp³-hybridized carbons (Fsp3) is 0.143. The molecule has 3 nitrogen and oxygen atoms in total. The summed E-state index contributed by atoms with van der Waals surface area (Å²) in [7, 11) is 0. The van der Waals surface area contributed by atoms with Crippen LogP contribution in [0.25, 0.3) is 11.2 Å². The highest BCUT2D eigenvalue weighted by atomic mass is 35.5. The van der Waals surface area contributed by atoms with Crippen LogP contribution in [0.15, 0.2) is 36.4 Å². The van der Waals surface area contributed by atoms with Crippen LogP contribution in [0.2, 0.25) is 5.02 Å². The molecular formula is C14H12ClN3S. The van der Waals surface area contributed by atoms with Gasteiger partial charge in [0.05, 0.1) is 12.1 Å². The molecule has 0 amide bonds. The molecule has 1 aromatic carbocycles. The van der Waals surface area contributed by atoms with Gasteiger partial charge in [0.25, 0.3) is 0 Å². The van der Waals surface area contributed by atoms with Gasteiger partial charge in [-0.05, 0) is 49.0 Å². The van der Waals surface area contributed by atoms with Crippen LogP contribution in [0.3, 0.4) is 0 Å². The number of benzene rings is 1. The van der Waals surface area contributed by atoms with E-state index in [9.17, 15) is 0 Å². The number of rotatable bonds is 2. The minimum atomic E-state index is 0.663. The zero-order valence-corrected chi connectivity index (χ0v) is 11.9. The molecule has 1 N–H and O–H groups in total. The van der Waals surface area contributed by atoms with Crippen molar-refractivity contribution in [3.8, 4) is 0 Å². The highest BCUT2D eigenvalue weighted by Crippen LogP contribution is 2.16. The summed E-state index contributed by atoms with van der Waals surface area (Å²) >= 11 is 11.4. The lowest BCUT2D eigenvalue weighted by molar-refractivity contribution is 0.799. The normalized spacial score (nSPS) is 11.1. The Balaban J connectivity index is 2.12. The average Bonchev–Trinajstić information content (AvgIpc) is 2.66. The summed E-state index contributed by atoms with van der Waals surface area (Å²) in [5.74, 6) is 0. The molecule has 5 heteroatoms. The van der Waals surface area contributed by atoms with E-state index in [0.717, 1.165) is 27.4 Å². The van der Waals surface area contributed by atoms with Gasteiger partial charge in [-0.1, -0.05) is 23.7 Å². The van der Waals surface area contributed by atoms with E-state index in [1.54, 1.807) is 0 Å². The molecule has 96 valence electrons. The zero-order valence-electron chi connectivity index (χ0n) is 10.4. The van der Waals surface area contributed by atoms with Gasteiger partial charge < -0.3 is 4.98 Å². The van der Waals surface area contributed by atoms with Crippen molar-refractivity contribution in [1.82, 2.24) is 14.5 Å². The van der Waals surface area contributed by atoms with Gasteiger partial charge in [-0.15, -0.1) is 0 Å². The van der Waals surface area contributed by atoms with Crippen molar-refractivity contribution < 1.29 is 0 Å². The average molecular weight is 290 g/mol. The Morgan fingerprint density at radius 1 is 1.32 bits per heavy atom. The number of nitrogens with one attached hydrogen (secondary N) is 1. The first-order valence-corrected chi connectivity index (χ1v) is 6.73. The number of halogens is 1. The molecule has 0 aliphatic carbocycles. The number of aromatic nitrogens is 3. The maximum Gasteiger partial charge on any atom is 0.179 e. The molecule has 3 rings (SSSR count). The largest absolute Gasteiger partial charge is 0.329 e. The van der Waals surface area contributed by atoms with Crippen LogP contribution in [0.4, 0.5) is 0 Å². The van der Waals surface area contributed by atoms with E-state index in [0.29, 0.717) is 11.3 Å². The van der Waals surface area contributed by atoms with Crippen molar-refractivity contribution in [3.05, 3.63) is 57.4 Å². The Hall–Kier alpha value is -1.65. The molecule has 3 aromatic rings.